The van der Waals surface area contributed by atoms with Gasteiger partial charge in [-0.1, -0.05) is 27.3 Å². The van der Waals surface area contributed by atoms with Crippen LogP contribution in [0.2, 0.25) is 5.02 Å². The summed E-state index contributed by atoms with van der Waals surface area (Å²) >= 11 is 7.41. The fourth-order valence-corrected chi connectivity index (χ4v) is 4.22. The number of esters is 1. The van der Waals surface area contributed by atoms with Crippen molar-refractivity contribution in [1.82, 2.24) is 14.6 Å². The Balaban J connectivity index is 1.74. The molecule has 2 aromatic heterocycles. The Labute approximate surface area is 169 Å². The fraction of sp³-hybridized carbons (Fsp3) is 0.188. The van der Waals surface area contributed by atoms with Crippen molar-refractivity contribution in [2.24, 2.45) is 0 Å². The van der Waals surface area contributed by atoms with Crippen LogP contribution in [0.5, 0.6) is 0 Å². The number of benzene rings is 1. The van der Waals surface area contributed by atoms with E-state index in [1.807, 2.05) is 17.5 Å². The first-order valence-electron chi connectivity index (χ1n) is 7.69. The van der Waals surface area contributed by atoms with Gasteiger partial charge in [0.05, 0.1) is 22.6 Å². The number of carbonyl (C=O) groups is 1. The summed E-state index contributed by atoms with van der Waals surface area (Å²) in [5.74, 6) is -0.273. The van der Waals surface area contributed by atoms with E-state index in [2.05, 4.69) is 10.1 Å². The number of ether oxygens (including phenoxy) is 1. The van der Waals surface area contributed by atoms with E-state index in [4.69, 9.17) is 25.7 Å². The van der Waals surface area contributed by atoms with Crippen molar-refractivity contribution >= 4 is 38.9 Å². The molecule has 28 heavy (non-hydrogen) atoms. The number of rotatable bonds is 7. The summed E-state index contributed by atoms with van der Waals surface area (Å²) in [7, 11) is -1.63. The first-order chi connectivity index (χ1) is 13.3. The molecule has 0 atom stereocenters. The summed E-state index contributed by atoms with van der Waals surface area (Å²) in [5, 5.41) is 5.63. The number of hydrogen-bond donors (Lipinski definition) is 0. The number of thiophene rings is 1. The Morgan fingerprint density at radius 3 is 2.82 bits per heavy atom. The Bertz CT molecular complexity index is 1080. The van der Waals surface area contributed by atoms with Crippen molar-refractivity contribution < 1.29 is 27.3 Å². The number of hydroxylamine groups is 1. The van der Waals surface area contributed by atoms with Crippen LogP contribution in [0.25, 0.3) is 10.7 Å². The lowest BCUT2D eigenvalue weighted by Gasteiger charge is -2.15. The minimum absolute atomic E-state index is 0.00882. The minimum Gasteiger partial charge on any atom is -0.452 e. The predicted molar refractivity (Wildman–Crippen MR) is 100 cm³/mol. The molecule has 0 unspecified atom stereocenters. The smallest absolute Gasteiger partial charge is 0.338 e. The van der Waals surface area contributed by atoms with Gasteiger partial charge in [-0.15, -0.1) is 11.3 Å². The second kappa shape index (κ2) is 8.37. The summed E-state index contributed by atoms with van der Waals surface area (Å²) in [4.78, 5) is 21.7. The second-order valence-electron chi connectivity index (χ2n) is 5.31. The highest BCUT2D eigenvalue weighted by atomic mass is 35.5. The summed E-state index contributed by atoms with van der Waals surface area (Å²) in [5.41, 5.74) is -0.00882. The van der Waals surface area contributed by atoms with Crippen molar-refractivity contribution in [2.75, 3.05) is 14.2 Å². The summed E-state index contributed by atoms with van der Waals surface area (Å²) in [6, 6.07) is 7.43. The van der Waals surface area contributed by atoms with Crippen LogP contribution >= 0.6 is 22.9 Å². The highest BCUT2D eigenvalue weighted by Crippen LogP contribution is 2.26. The molecule has 0 spiro atoms. The zero-order valence-electron chi connectivity index (χ0n) is 14.7. The Morgan fingerprint density at radius 1 is 1.36 bits per heavy atom. The molecule has 3 rings (SSSR count). The molecule has 9 nitrogen and oxygen atoms in total. The van der Waals surface area contributed by atoms with Crippen LogP contribution in [-0.4, -0.2) is 43.2 Å². The maximum atomic E-state index is 12.4. The summed E-state index contributed by atoms with van der Waals surface area (Å²) in [6.07, 6.45) is 0. The topological polar surface area (TPSA) is 112 Å². The van der Waals surface area contributed by atoms with Crippen molar-refractivity contribution in [3.8, 4) is 10.7 Å². The molecule has 0 amide bonds. The molecule has 0 bridgehead atoms. The van der Waals surface area contributed by atoms with Gasteiger partial charge < -0.3 is 9.26 Å². The van der Waals surface area contributed by atoms with Gasteiger partial charge in [-0.3, -0.25) is 4.84 Å². The summed E-state index contributed by atoms with van der Waals surface area (Å²) in [6.45, 7) is -0.264. The normalized spacial score (nSPS) is 11.7. The molecule has 0 saturated heterocycles. The van der Waals surface area contributed by atoms with E-state index < -0.39 is 16.0 Å². The van der Waals surface area contributed by atoms with E-state index in [1.54, 1.807) is 0 Å². The third-order valence-corrected chi connectivity index (χ3v) is 6.60. The molecule has 0 fully saturated rings. The van der Waals surface area contributed by atoms with Crippen molar-refractivity contribution in [3.63, 3.8) is 0 Å². The number of nitrogens with zero attached hydrogens (tertiary/aromatic N) is 3. The van der Waals surface area contributed by atoms with Crippen molar-refractivity contribution in [3.05, 3.63) is 52.2 Å². The van der Waals surface area contributed by atoms with Gasteiger partial charge in [0.25, 0.3) is 15.9 Å². The number of sulfonamides is 1. The van der Waals surface area contributed by atoms with Crippen molar-refractivity contribution in [2.45, 2.75) is 11.5 Å². The molecule has 0 aliphatic rings. The lowest BCUT2D eigenvalue weighted by molar-refractivity contribution is -0.0258. The van der Waals surface area contributed by atoms with Crippen LogP contribution in [0.4, 0.5) is 0 Å². The molecule has 0 N–H and O–H groups in total. The van der Waals surface area contributed by atoms with Gasteiger partial charge in [0.15, 0.2) is 6.61 Å². The molecule has 1 aromatic carbocycles. The molecule has 12 heteroatoms. The van der Waals surface area contributed by atoms with Crippen LogP contribution < -0.4 is 0 Å². The molecular weight excluding hydrogens is 430 g/mol. The van der Waals surface area contributed by atoms with Crippen LogP contribution in [0.3, 0.4) is 0 Å². The molecule has 0 radical (unpaired) electrons. The van der Waals surface area contributed by atoms with E-state index >= 15 is 0 Å². The number of halogens is 1. The number of hydrogen-bond acceptors (Lipinski definition) is 9. The number of carbonyl (C=O) groups excluding carboxylic acids is 1. The number of aromatic nitrogens is 2. The van der Waals surface area contributed by atoms with E-state index in [9.17, 15) is 13.2 Å². The van der Waals surface area contributed by atoms with Crippen molar-refractivity contribution in [1.29, 1.82) is 0 Å². The fourth-order valence-electron chi connectivity index (χ4n) is 2.09. The van der Waals surface area contributed by atoms with Gasteiger partial charge in [0.2, 0.25) is 5.82 Å². The van der Waals surface area contributed by atoms with Gasteiger partial charge in [-0.05, 0) is 29.6 Å². The van der Waals surface area contributed by atoms with Crippen LogP contribution in [-0.2, 0) is 26.2 Å². The molecule has 148 valence electrons. The van der Waals surface area contributed by atoms with Crippen LogP contribution in [0.1, 0.15) is 16.2 Å². The van der Waals surface area contributed by atoms with Gasteiger partial charge in [0.1, 0.15) is 4.90 Å². The average molecular weight is 444 g/mol. The SMILES string of the molecule is CON(C)S(=O)(=O)c1cc(C(=O)OCc2nc(-c3cccs3)no2)ccc1Cl. The van der Waals surface area contributed by atoms with Gasteiger partial charge >= 0.3 is 5.97 Å². The molecule has 0 saturated carbocycles. The van der Waals surface area contributed by atoms with E-state index in [0.29, 0.717) is 10.3 Å². The Morgan fingerprint density at radius 2 is 2.14 bits per heavy atom. The quantitative estimate of drug-likeness (QED) is 0.404. The average Bonchev–Trinajstić information content (AvgIpc) is 3.37. The third-order valence-electron chi connectivity index (χ3n) is 3.58. The highest BCUT2D eigenvalue weighted by molar-refractivity contribution is 7.89. The maximum absolute atomic E-state index is 12.4. The Kier molecular flexibility index (Phi) is 6.10. The lowest BCUT2D eigenvalue weighted by Crippen LogP contribution is -2.26. The molecule has 0 aliphatic heterocycles. The van der Waals surface area contributed by atoms with E-state index in [-0.39, 0.29) is 28.0 Å². The molecule has 0 aliphatic carbocycles. The van der Waals surface area contributed by atoms with Gasteiger partial charge in [-0.25, -0.2) is 13.2 Å². The van der Waals surface area contributed by atoms with Gasteiger partial charge in [0, 0.05) is 7.05 Å². The first-order valence-corrected chi connectivity index (χ1v) is 10.4. The third kappa shape index (κ3) is 4.23. The molecule has 2 heterocycles. The van der Waals surface area contributed by atoms with Gasteiger partial charge in [-0.2, -0.15) is 4.98 Å². The van der Waals surface area contributed by atoms with Crippen LogP contribution in [0.15, 0.2) is 45.1 Å². The lowest BCUT2D eigenvalue weighted by atomic mass is 10.2. The zero-order valence-corrected chi connectivity index (χ0v) is 17.0. The minimum atomic E-state index is -4.03. The summed E-state index contributed by atoms with van der Waals surface area (Å²) < 4.78 is 35.6. The first kappa shape index (κ1) is 20.4. The zero-order chi connectivity index (χ0) is 20.3. The second-order valence-corrected chi connectivity index (χ2v) is 8.57. The molecule has 3 aromatic rings. The van der Waals surface area contributed by atoms with E-state index in [1.165, 1.54) is 37.6 Å². The van der Waals surface area contributed by atoms with E-state index in [0.717, 1.165) is 10.9 Å². The standard InChI is InChI=1S/C16H14ClN3O6S2/c1-20(24-2)28(22,23)13-8-10(5-6-11(13)17)16(21)25-9-14-18-15(19-26-14)12-4-3-7-27-12/h3-8H,9H2,1-2H3. The Hall–Kier alpha value is -2.31. The predicted octanol–water partition coefficient (Wildman–Crippen LogP) is 2.99. The molecular formula is C16H14ClN3O6S2. The monoisotopic (exact) mass is 443 g/mol. The van der Waals surface area contributed by atoms with Crippen LogP contribution in [0, 0.1) is 0 Å². The highest BCUT2D eigenvalue weighted by Gasteiger charge is 2.25. The maximum Gasteiger partial charge on any atom is 0.338 e. The largest absolute Gasteiger partial charge is 0.452 e.